The first kappa shape index (κ1) is 13.8. The highest BCUT2D eigenvalue weighted by atomic mass is 32.2. The van der Waals surface area contributed by atoms with Crippen molar-refractivity contribution in [2.24, 2.45) is 0 Å². The zero-order valence-corrected chi connectivity index (χ0v) is 11.6. The second kappa shape index (κ2) is 5.33. The summed E-state index contributed by atoms with van der Waals surface area (Å²) in [6.45, 7) is 0. The number of nitrogens with zero attached hydrogens (tertiary/aromatic N) is 4. The van der Waals surface area contributed by atoms with Crippen LogP contribution >= 0.6 is 0 Å². The summed E-state index contributed by atoms with van der Waals surface area (Å²) in [5.41, 5.74) is 0.582. The number of alkyl halides is 1. The molecule has 2 heterocycles. The Labute approximate surface area is 121 Å². The molecule has 3 rings (SSSR count). The van der Waals surface area contributed by atoms with E-state index in [1.54, 1.807) is 18.2 Å². The van der Waals surface area contributed by atoms with Crippen LogP contribution < -0.4 is 0 Å². The number of nitriles is 1. The van der Waals surface area contributed by atoms with Gasteiger partial charge in [-0.05, 0) is 17.7 Å². The molecule has 1 aliphatic rings. The van der Waals surface area contributed by atoms with Crippen LogP contribution in [-0.4, -0.2) is 24.7 Å². The minimum Gasteiger partial charge on any atom is -0.250 e. The van der Waals surface area contributed by atoms with Crippen LogP contribution in [0.15, 0.2) is 29.4 Å². The second-order valence-corrected chi connectivity index (χ2v) is 5.96. The largest absolute Gasteiger partial charge is 0.250 e. The van der Waals surface area contributed by atoms with E-state index in [0.29, 0.717) is 5.56 Å². The summed E-state index contributed by atoms with van der Waals surface area (Å²) >= 11 is 0. The summed E-state index contributed by atoms with van der Waals surface area (Å²) in [6.07, 6.45) is -1.23. The van der Waals surface area contributed by atoms with Crippen molar-refractivity contribution in [3.63, 3.8) is 0 Å². The van der Waals surface area contributed by atoms with Crippen molar-refractivity contribution in [2.75, 3.05) is 5.75 Å². The monoisotopic (exact) mass is 308 g/mol. The lowest BCUT2D eigenvalue weighted by Crippen LogP contribution is -2.09. The lowest BCUT2D eigenvalue weighted by atomic mass is 10.0. The number of halogens is 2. The number of rotatable bonds is 3. The first-order chi connectivity index (χ1) is 10.1. The first-order valence-corrected chi connectivity index (χ1v) is 7.53. The Morgan fingerprint density at radius 1 is 1.52 bits per heavy atom. The van der Waals surface area contributed by atoms with Gasteiger partial charge in [0.15, 0.2) is 12.0 Å². The zero-order valence-electron chi connectivity index (χ0n) is 10.7. The quantitative estimate of drug-likeness (QED) is 0.870. The Morgan fingerprint density at radius 2 is 2.33 bits per heavy atom. The topological polar surface area (TPSA) is 71.6 Å². The van der Waals surface area contributed by atoms with Gasteiger partial charge in [0, 0.05) is 6.42 Å². The number of hydrogen-bond acceptors (Lipinski definition) is 4. The minimum atomic E-state index is -1.68. The van der Waals surface area contributed by atoms with Gasteiger partial charge in [0.05, 0.1) is 12.1 Å². The molecule has 1 aromatic carbocycles. The molecular formula is C13H10F2N4OS. The third kappa shape index (κ3) is 2.45. The molecule has 0 fully saturated rings. The van der Waals surface area contributed by atoms with E-state index in [4.69, 9.17) is 5.26 Å². The average Bonchev–Trinajstić information content (AvgIpc) is 3.00. The Bertz CT molecular complexity index is 755. The molecule has 1 aromatic heterocycles. The minimum absolute atomic E-state index is 0.0599. The molecule has 0 bridgehead atoms. The van der Waals surface area contributed by atoms with Gasteiger partial charge >= 0.3 is 0 Å². The van der Waals surface area contributed by atoms with Crippen LogP contribution in [0.5, 0.6) is 0 Å². The van der Waals surface area contributed by atoms with Gasteiger partial charge in [-0.2, -0.15) is 5.26 Å². The Morgan fingerprint density at radius 3 is 3.05 bits per heavy atom. The Kier molecular flexibility index (Phi) is 3.51. The second-order valence-electron chi connectivity index (χ2n) is 4.62. The summed E-state index contributed by atoms with van der Waals surface area (Å²) in [5, 5.41) is 12.5. The van der Waals surface area contributed by atoms with Crippen LogP contribution in [0.1, 0.15) is 30.0 Å². The van der Waals surface area contributed by atoms with E-state index in [-0.39, 0.29) is 23.2 Å². The SMILES string of the molecule is N#CC[S@@](=O)c1nc2n(n1)[C@H](c1cccc(F)c1)C[C@@H]2F. The van der Waals surface area contributed by atoms with Crippen molar-refractivity contribution in [2.45, 2.75) is 23.8 Å². The molecular weight excluding hydrogens is 298 g/mol. The van der Waals surface area contributed by atoms with E-state index in [1.807, 2.05) is 0 Å². The lowest BCUT2D eigenvalue weighted by Gasteiger charge is -2.11. The molecule has 2 aromatic rings. The van der Waals surface area contributed by atoms with Gasteiger partial charge in [0.2, 0.25) is 5.16 Å². The van der Waals surface area contributed by atoms with Gasteiger partial charge in [0.1, 0.15) is 22.4 Å². The highest BCUT2D eigenvalue weighted by Gasteiger charge is 2.36. The number of aromatic nitrogens is 3. The summed E-state index contributed by atoms with van der Waals surface area (Å²) in [7, 11) is -1.68. The van der Waals surface area contributed by atoms with Gasteiger partial charge in [0.25, 0.3) is 0 Å². The van der Waals surface area contributed by atoms with E-state index in [2.05, 4.69) is 10.1 Å². The van der Waals surface area contributed by atoms with Crippen molar-refractivity contribution in [3.05, 3.63) is 41.5 Å². The average molecular weight is 308 g/mol. The fourth-order valence-corrected chi connectivity index (χ4v) is 2.99. The summed E-state index contributed by atoms with van der Waals surface area (Å²) in [5.74, 6) is -0.583. The van der Waals surface area contributed by atoms with Crippen molar-refractivity contribution >= 4 is 10.8 Å². The molecule has 0 N–H and O–H groups in total. The number of hydrogen-bond donors (Lipinski definition) is 0. The van der Waals surface area contributed by atoms with Crippen molar-refractivity contribution in [1.82, 2.24) is 14.8 Å². The van der Waals surface area contributed by atoms with Crippen molar-refractivity contribution in [3.8, 4) is 6.07 Å². The van der Waals surface area contributed by atoms with Crippen molar-refractivity contribution < 1.29 is 13.0 Å². The van der Waals surface area contributed by atoms with Gasteiger partial charge in [-0.3, -0.25) is 0 Å². The van der Waals surface area contributed by atoms with Crippen LogP contribution in [0, 0.1) is 17.1 Å². The maximum atomic E-state index is 14.0. The third-order valence-electron chi connectivity index (χ3n) is 3.28. The molecule has 0 amide bonds. The highest BCUT2D eigenvalue weighted by molar-refractivity contribution is 7.85. The number of fused-ring (bicyclic) bond motifs is 1. The normalized spacial score (nSPS) is 21.8. The summed E-state index contributed by atoms with van der Waals surface area (Å²) in [6, 6.07) is 7.13. The molecule has 0 saturated heterocycles. The van der Waals surface area contributed by atoms with E-state index < -0.39 is 28.8 Å². The fourth-order valence-electron chi connectivity index (χ4n) is 2.37. The predicted octanol–water partition coefficient (Wildman–Crippen LogP) is 2.05. The zero-order chi connectivity index (χ0) is 15.0. The van der Waals surface area contributed by atoms with Crippen LogP contribution in [-0.2, 0) is 10.8 Å². The number of benzene rings is 1. The Hall–Kier alpha value is -2.14. The van der Waals surface area contributed by atoms with Gasteiger partial charge in [-0.1, -0.05) is 12.1 Å². The van der Waals surface area contributed by atoms with E-state index in [9.17, 15) is 13.0 Å². The smallest absolute Gasteiger partial charge is 0.240 e. The molecule has 0 radical (unpaired) electrons. The summed E-state index contributed by atoms with van der Waals surface area (Å²) in [4.78, 5) is 3.92. The molecule has 0 unspecified atom stereocenters. The molecule has 1 aliphatic heterocycles. The van der Waals surface area contributed by atoms with Crippen LogP contribution in [0.2, 0.25) is 0 Å². The fraction of sp³-hybridized carbons (Fsp3) is 0.308. The highest BCUT2D eigenvalue weighted by Crippen LogP contribution is 2.39. The van der Waals surface area contributed by atoms with Gasteiger partial charge in [-0.15, -0.1) is 5.10 Å². The molecule has 0 aliphatic carbocycles. The van der Waals surface area contributed by atoms with Crippen LogP contribution in [0.4, 0.5) is 8.78 Å². The Balaban J connectivity index is 1.99. The predicted molar refractivity (Wildman–Crippen MR) is 69.9 cm³/mol. The molecule has 108 valence electrons. The maximum absolute atomic E-state index is 14.0. The molecule has 3 atom stereocenters. The molecule has 8 heteroatoms. The van der Waals surface area contributed by atoms with Gasteiger partial charge < -0.3 is 0 Å². The standard InChI is InChI=1S/C13H10F2N4OS/c14-9-3-1-2-8(6-9)11-7-10(15)12-17-13(18-19(11)12)21(20)5-4-16/h1-3,6,10-11H,5,7H2/t10-,11-,21+/m0/s1. The lowest BCUT2D eigenvalue weighted by molar-refractivity contribution is 0.326. The van der Waals surface area contributed by atoms with E-state index >= 15 is 0 Å². The first-order valence-electron chi connectivity index (χ1n) is 6.21. The van der Waals surface area contributed by atoms with E-state index in [1.165, 1.54) is 16.8 Å². The summed E-state index contributed by atoms with van der Waals surface area (Å²) < 4.78 is 40.4. The van der Waals surface area contributed by atoms with Crippen LogP contribution in [0.3, 0.4) is 0 Å². The maximum Gasteiger partial charge on any atom is 0.240 e. The van der Waals surface area contributed by atoms with Gasteiger partial charge in [-0.25, -0.2) is 22.7 Å². The molecule has 5 nitrogen and oxygen atoms in total. The van der Waals surface area contributed by atoms with E-state index in [0.717, 1.165) is 0 Å². The third-order valence-corrected chi connectivity index (χ3v) is 4.25. The van der Waals surface area contributed by atoms with Crippen molar-refractivity contribution in [1.29, 1.82) is 5.26 Å². The molecule has 21 heavy (non-hydrogen) atoms. The molecule has 0 spiro atoms. The van der Waals surface area contributed by atoms with Crippen LogP contribution in [0.25, 0.3) is 0 Å². The molecule has 0 saturated carbocycles.